The van der Waals surface area contributed by atoms with Crippen LogP contribution in [0.15, 0.2) is 40.9 Å². The van der Waals surface area contributed by atoms with Gasteiger partial charge in [0.05, 0.1) is 9.40 Å². The first-order valence-corrected chi connectivity index (χ1v) is 6.69. The number of nitrogens with zero attached hydrogens (tertiary/aromatic N) is 1. The Balaban J connectivity index is 2.23. The van der Waals surface area contributed by atoms with Gasteiger partial charge >= 0.3 is 0 Å². The van der Waals surface area contributed by atoms with Crippen LogP contribution in [-0.2, 0) is 0 Å². The molecule has 0 unspecified atom stereocenters. The fourth-order valence-electron chi connectivity index (χ4n) is 1.73. The van der Waals surface area contributed by atoms with Gasteiger partial charge in [0.2, 0.25) is 0 Å². The number of nitrogens with one attached hydrogen (secondary N) is 1. The Morgan fingerprint density at radius 2 is 2.00 bits per heavy atom. The number of halogens is 2. The Bertz CT molecular complexity index is 734. The first kappa shape index (κ1) is 15.1. The van der Waals surface area contributed by atoms with Crippen LogP contribution in [0.5, 0.6) is 0 Å². The number of carbonyl (C=O) groups is 1. The standard InChI is InChI=1S/C14H10BrFN2O3/c1-8-6-10(18(20)21)3-5-13(8)17-14(19)9-2-4-12(16)11(15)7-9/h2-7H,1H3,(H,17,19). The van der Waals surface area contributed by atoms with E-state index < -0.39 is 16.6 Å². The zero-order chi connectivity index (χ0) is 15.6. The second-order valence-corrected chi connectivity index (χ2v) is 5.19. The molecular weight excluding hydrogens is 343 g/mol. The molecule has 2 aromatic rings. The molecule has 0 radical (unpaired) electrons. The second kappa shape index (κ2) is 6.01. The highest BCUT2D eigenvalue weighted by Crippen LogP contribution is 2.22. The van der Waals surface area contributed by atoms with Gasteiger partial charge in [-0.1, -0.05) is 0 Å². The quantitative estimate of drug-likeness (QED) is 0.668. The average Bonchev–Trinajstić information content (AvgIpc) is 2.43. The van der Waals surface area contributed by atoms with Crippen molar-refractivity contribution in [2.45, 2.75) is 6.92 Å². The van der Waals surface area contributed by atoms with E-state index in [9.17, 15) is 19.3 Å². The fourth-order valence-corrected chi connectivity index (χ4v) is 2.11. The number of nitro groups is 1. The van der Waals surface area contributed by atoms with Crippen LogP contribution in [0.2, 0.25) is 0 Å². The van der Waals surface area contributed by atoms with Crippen molar-refractivity contribution >= 4 is 33.2 Å². The molecule has 21 heavy (non-hydrogen) atoms. The number of carbonyl (C=O) groups excluding carboxylic acids is 1. The van der Waals surface area contributed by atoms with Crippen molar-refractivity contribution in [1.82, 2.24) is 0 Å². The van der Waals surface area contributed by atoms with E-state index in [4.69, 9.17) is 0 Å². The lowest BCUT2D eigenvalue weighted by atomic mass is 10.1. The third kappa shape index (κ3) is 3.43. The molecule has 0 bridgehead atoms. The first-order chi connectivity index (χ1) is 9.88. The third-order valence-electron chi connectivity index (χ3n) is 2.85. The molecule has 0 spiro atoms. The van der Waals surface area contributed by atoms with Gasteiger partial charge in [0.25, 0.3) is 11.6 Å². The Morgan fingerprint density at radius 3 is 2.57 bits per heavy atom. The second-order valence-electron chi connectivity index (χ2n) is 4.34. The SMILES string of the molecule is Cc1cc([N+](=O)[O-])ccc1NC(=O)c1ccc(F)c(Br)c1. The summed E-state index contributed by atoms with van der Waals surface area (Å²) in [5.74, 6) is -0.884. The van der Waals surface area contributed by atoms with E-state index in [-0.39, 0.29) is 15.7 Å². The van der Waals surface area contributed by atoms with Crippen molar-refractivity contribution in [3.63, 3.8) is 0 Å². The smallest absolute Gasteiger partial charge is 0.269 e. The monoisotopic (exact) mass is 352 g/mol. The summed E-state index contributed by atoms with van der Waals surface area (Å²) < 4.78 is 13.3. The molecule has 108 valence electrons. The van der Waals surface area contributed by atoms with Crippen molar-refractivity contribution in [2.75, 3.05) is 5.32 Å². The molecule has 1 N–H and O–H groups in total. The third-order valence-corrected chi connectivity index (χ3v) is 3.46. The zero-order valence-corrected chi connectivity index (χ0v) is 12.5. The van der Waals surface area contributed by atoms with Crippen molar-refractivity contribution < 1.29 is 14.1 Å². The van der Waals surface area contributed by atoms with Crippen LogP contribution in [0.3, 0.4) is 0 Å². The summed E-state index contributed by atoms with van der Waals surface area (Å²) in [4.78, 5) is 22.2. The molecule has 7 heteroatoms. The van der Waals surface area contributed by atoms with Gasteiger partial charge in [-0.15, -0.1) is 0 Å². The predicted octanol–water partition coefficient (Wildman–Crippen LogP) is 4.06. The molecule has 0 atom stereocenters. The van der Waals surface area contributed by atoms with Crippen molar-refractivity contribution in [3.05, 3.63) is 67.9 Å². The Hall–Kier alpha value is -2.28. The number of nitro benzene ring substituents is 1. The molecule has 0 aliphatic rings. The molecule has 0 heterocycles. The van der Waals surface area contributed by atoms with E-state index in [1.165, 1.54) is 36.4 Å². The number of hydrogen-bond acceptors (Lipinski definition) is 3. The van der Waals surface area contributed by atoms with Crippen LogP contribution in [0.25, 0.3) is 0 Å². The molecule has 2 rings (SSSR count). The van der Waals surface area contributed by atoms with E-state index in [1.54, 1.807) is 6.92 Å². The van der Waals surface area contributed by atoms with E-state index in [1.807, 2.05) is 0 Å². The minimum Gasteiger partial charge on any atom is -0.322 e. The summed E-state index contributed by atoms with van der Waals surface area (Å²) in [6, 6.07) is 8.05. The summed E-state index contributed by atoms with van der Waals surface area (Å²) in [7, 11) is 0. The predicted molar refractivity (Wildman–Crippen MR) is 79.9 cm³/mol. The van der Waals surface area contributed by atoms with Crippen molar-refractivity contribution in [2.24, 2.45) is 0 Å². The van der Waals surface area contributed by atoms with E-state index in [2.05, 4.69) is 21.2 Å². The molecule has 1 amide bonds. The lowest BCUT2D eigenvalue weighted by Gasteiger charge is -2.08. The van der Waals surface area contributed by atoms with Crippen LogP contribution < -0.4 is 5.32 Å². The molecule has 5 nitrogen and oxygen atoms in total. The maximum atomic E-state index is 13.1. The molecular formula is C14H10BrFN2O3. The van der Waals surface area contributed by atoms with Gasteiger partial charge < -0.3 is 5.32 Å². The maximum Gasteiger partial charge on any atom is 0.269 e. The highest BCUT2D eigenvalue weighted by Gasteiger charge is 2.12. The van der Waals surface area contributed by atoms with Gasteiger partial charge in [-0.25, -0.2) is 4.39 Å². The summed E-state index contributed by atoms with van der Waals surface area (Å²) in [5, 5.41) is 13.3. The largest absolute Gasteiger partial charge is 0.322 e. The number of benzene rings is 2. The van der Waals surface area contributed by atoms with E-state index in [0.29, 0.717) is 11.3 Å². The summed E-state index contributed by atoms with van der Waals surface area (Å²) >= 11 is 3.01. The number of aryl methyl sites for hydroxylation is 1. The number of hydrogen-bond donors (Lipinski definition) is 1. The number of rotatable bonds is 3. The van der Waals surface area contributed by atoms with Gasteiger partial charge in [-0.3, -0.25) is 14.9 Å². The topological polar surface area (TPSA) is 72.2 Å². The highest BCUT2D eigenvalue weighted by atomic mass is 79.9. The molecule has 2 aromatic carbocycles. The van der Waals surface area contributed by atoms with Crippen molar-refractivity contribution in [3.8, 4) is 0 Å². The molecule has 0 fully saturated rings. The van der Waals surface area contributed by atoms with E-state index >= 15 is 0 Å². The minimum atomic E-state index is -0.504. The van der Waals surface area contributed by atoms with Gasteiger partial charge in [-0.05, 0) is 52.7 Å². The summed E-state index contributed by atoms with van der Waals surface area (Å²) in [5.41, 5.74) is 1.26. The minimum absolute atomic E-state index is 0.0463. The van der Waals surface area contributed by atoms with Crippen LogP contribution in [0.4, 0.5) is 15.8 Å². The summed E-state index contributed by atoms with van der Waals surface area (Å²) in [6.45, 7) is 1.66. The summed E-state index contributed by atoms with van der Waals surface area (Å²) in [6.07, 6.45) is 0. The Morgan fingerprint density at radius 1 is 1.29 bits per heavy atom. The fraction of sp³-hybridized carbons (Fsp3) is 0.0714. The van der Waals surface area contributed by atoms with Crippen molar-refractivity contribution in [1.29, 1.82) is 0 Å². The van der Waals surface area contributed by atoms with Gasteiger partial charge in [-0.2, -0.15) is 0 Å². The maximum absolute atomic E-state index is 13.1. The van der Waals surface area contributed by atoms with Gasteiger partial charge in [0.1, 0.15) is 5.82 Å². The molecule has 0 saturated carbocycles. The lowest BCUT2D eigenvalue weighted by molar-refractivity contribution is -0.384. The Kier molecular flexibility index (Phi) is 4.32. The average molecular weight is 353 g/mol. The Labute approximate surface area is 128 Å². The van der Waals surface area contributed by atoms with Crippen LogP contribution >= 0.6 is 15.9 Å². The van der Waals surface area contributed by atoms with Crippen LogP contribution in [-0.4, -0.2) is 10.8 Å². The van der Waals surface area contributed by atoms with Gasteiger partial charge in [0.15, 0.2) is 0 Å². The normalized spacial score (nSPS) is 10.2. The number of non-ortho nitro benzene ring substituents is 1. The van der Waals surface area contributed by atoms with Gasteiger partial charge in [0, 0.05) is 23.4 Å². The zero-order valence-electron chi connectivity index (χ0n) is 10.9. The number of anilines is 1. The molecule has 0 saturated heterocycles. The molecule has 0 aliphatic heterocycles. The lowest BCUT2D eigenvalue weighted by Crippen LogP contribution is -2.13. The van der Waals surface area contributed by atoms with Crippen LogP contribution in [0.1, 0.15) is 15.9 Å². The first-order valence-electron chi connectivity index (χ1n) is 5.90. The number of amides is 1. The molecule has 0 aliphatic carbocycles. The molecule has 0 aromatic heterocycles. The highest BCUT2D eigenvalue weighted by molar-refractivity contribution is 9.10. The van der Waals surface area contributed by atoms with E-state index in [0.717, 1.165) is 0 Å². The van der Waals surface area contributed by atoms with Crippen LogP contribution in [0, 0.1) is 22.9 Å².